The van der Waals surface area contributed by atoms with Crippen LogP contribution in [0.15, 0.2) is 35.5 Å². The largest absolute Gasteiger partial charge is 0.411 e. The van der Waals surface area contributed by atoms with Gasteiger partial charge in [-0.3, -0.25) is 4.57 Å². The molecule has 0 spiro atoms. The Morgan fingerprint density at radius 3 is 2.32 bits per heavy atom. The predicted octanol–water partition coefficient (Wildman–Crippen LogP) is 4.48. The highest BCUT2D eigenvalue weighted by atomic mass is 31.2. The summed E-state index contributed by atoms with van der Waals surface area (Å²) < 4.78 is 36.1. The summed E-state index contributed by atoms with van der Waals surface area (Å²) in [5, 5.41) is 13.2. The van der Waals surface area contributed by atoms with Gasteiger partial charge in [0.05, 0.1) is 32.1 Å². The summed E-state index contributed by atoms with van der Waals surface area (Å²) in [6.45, 7) is 8.46. The van der Waals surface area contributed by atoms with E-state index in [2.05, 4.69) is 5.16 Å². The first-order valence-electron chi connectivity index (χ1n) is 9.88. The van der Waals surface area contributed by atoms with Gasteiger partial charge in [-0.15, -0.1) is 0 Å². The van der Waals surface area contributed by atoms with E-state index in [9.17, 15) is 9.77 Å². The van der Waals surface area contributed by atoms with Crippen molar-refractivity contribution in [3.05, 3.63) is 35.9 Å². The molecular formula is C20H32NO6P. The lowest BCUT2D eigenvalue weighted by atomic mass is 9.87. The van der Waals surface area contributed by atoms with E-state index in [1.165, 1.54) is 0 Å². The number of benzene rings is 1. The van der Waals surface area contributed by atoms with Crippen LogP contribution in [0, 0.1) is 5.92 Å². The number of oxime groups is 1. The Balaban J connectivity index is 2.21. The maximum absolute atomic E-state index is 13.0. The van der Waals surface area contributed by atoms with Gasteiger partial charge in [0.25, 0.3) is 0 Å². The van der Waals surface area contributed by atoms with Crippen LogP contribution in [0.3, 0.4) is 0 Å². The van der Waals surface area contributed by atoms with Crippen LogP contribution in [-0.2, 0) is 29.7 Å². The third-order valence-electron chi connectivity index (χ3n) is 4.86. The summed E-state index contributed by atoms with van der Waals surface area (Å²) in [6, 6.07) is 9.81. The molecule has 28 heavy (non-hydrogen) atoms. The number of ether oxygens (including phenoxy) is 2. The van der Waals surface area contributed by atoms with Gasteiger partial charge in [-0.05, 0) is 25.8 Å². The van der Waals surface area contributed by atoms with E-state index in [0.717, 1.165) is 12.0 Å². The lowest BCUT2D eigenvalue weighted by Gasteiger charge is -2.41. The molecule has 0 amide bonds. The highest BCUT2D eigenvalue weighted by molar-refractivity contribution is 7.53. The van der Waals surface area contributed by atoms with Crippen LogP contribution < -0.4 is 0 Å². The fourth-order valence-electron chi connectivity index (χ4n) is 3.51. The topological polar surface area (TPSA) is 86.6 Å². The summed E-state index contributed by atoms with van der Waals surface area (Å²) >= 11 is 0. The molecule has 2 rings (SSSR count). The average Bonchev–Trinajstić information content (AvgIpc) is 2.68. The fourth-order valence-corrected chi connectivity index (χ4v) is 5.27. The van der Waals surface area contributed by atoms with Crippen LogP contribution in [0.1, 0.15) is 39.7 Å². The highest BCUT2D eigenvalue weighted by Crippen LogP contribution is 2.50. The molecule has 158 valence electrons. The van der Waals surface area contributed by atoms with Gasteiger partial charge in [0, 0.05) is 5.92 Å². The summed E-state index contributed by atoms with van der Waals surface area (Å²) in [5.74, 6) is -0.0190. The second kappa shape index (κ2) is 11.1. The van der Waals surface area contributed by atoms with Crippen LogP contribution in [-0.4, -0.2) is 48.6 Å². The van der Waals surface area contributed by atoms with E-state index in [1.54, 1.807) is 13.8 Å². The molecule has 0 unspecified atom stereocenters. The molecule has 1 aliphatic rings. The van der Waals surface area contributed by atoms with Gasteiger partial charge in [-0.25, -0.2) is 0 Å². The Kier molecular flexibility index (Phi) is 9.12. The maximum Gasteiger partial charge on any atom is 0.333 e. The molecule has 0 aromatic heterocycles. The molecule has 1 N–H and O–H groups in total. The van der Waals surface area contributed by atoms with Gasteiger partial charge in [-0.2, -0.15) is 0 Å². The second-order valence-corrected chi connectivity index (χ2v) is 8.90. The van der Waals surface area contributed by atoms with Crippen molar-refractivity contribution >= 4 is 13.3 Å². The third kappa shape index (κ3) is 5.88. The molecule has 7 nitrogen and oxygen atoms in total. The molecular weight excluding hydrogens is 381 g/mol. The Bertz CT molecular complexity index is 658. The lowest BCUT2D eigenvalue weighted by molar-refractivity contribution is -0.0832. The molecule has 1 fully saturated rings. The Labute approximate surface area is 167 Å². The Morgan fingerprint density at radius 1 is 1.14 bits per heavy atom. The van der Waals surface area contributed by atoms with E-state index < -0.39 is 19.8 Å². The van der Waals surface area contributed by atoms with Crippen LogP contribution in [0.2, 0.25) is 0 Å². The molecule has 0 aliphatic carbocycles. The number of rotatable bonds is 10. The van der Waals surface area contributed by atoms with Crippen molar-refractivity contribution in [1.29, 1.82) is 0 Å². The lowest BCUT2D eigenvalue weighted by Crippen LogP contribution is -2.53. The van der Waals surface area contributed by atoms with Crippen LogP contribution >= 0.6 is 7.60 Å². The zero-order valence-corrected chi connectivity index (χ0v) is 18.0. The molecule has 1 aromatic carbocycles. The molecule has 1 aromatic rings. The van der Waals surface area contributed by atoms with Crippen molar-refractivity contribution in [2.45, 2.75) is 59.0 Å². The smallest absolute Gasteiger partial charge is 0.333 e. The zero-order valence-electron chi connectivity index (χ0n) is 17.1. The second-order valence-electron chi connectivity index (χ2n) is 6.80. The molecule has 1 heterocycles. The van der Waals surface area contributed by atoms with Crippen molar-refractivity contribution in [3.8, 4) is 0 Å². The molecule has 1 aliphatic heterocycles. The monoisotopic (exact) mass is 413 g/mol. The SMILES string of the molecule is CCOP(=O)(C[C@H]1O[C@H](CC)[C@@H](C)[C@H](OCc2ccccc2)/C1=N/O)OCC. The normalized spacial score (nSPS) is 27.2. The van der Waals surface area contributed by atoms with Gasteiger partial charge in [0.1, 0.15) is 17.9 Å². The summed E-state index contributed by atoms with van der Waals surface area (Å²) in [6.07, 6.45) is -0.521. The minimum atomic E-state index is -3.37. The number of hydrogen-bond donors (Lipinski definition) is 1. The van der Waals surface area contributed by atoms with Crippen LogP contribution in [0.5, 0.6) is 0 Å². The third-order valence-corrected chi connectivity index (χ3v) is 6.94. The van der Waals surface area contributed by atoms with E-state index in [-0.39, 0.29) is 31.4 Å². The van der Waals surface area contributed by atoms with Crippen molar-refractivity contribution < 1.29 is 28.3 Å². The molecule has 1 saturated heterocycles. The molecule has 0 radical (unpaired) electrons. The minimum Gasteiger partial charge on any atom is -0.411 e. The Hall–Kier alpha value is -1.24. The van der Waals surface area contributed by atoms with E-state index in [4.69, 9.17) is 18.5 Å². The molecule has 8 heteroatoms. The highest BCUT2D eigenvalue weighted by Gasteiger charge is 2.45. The first-order chi connectivity index (χ1) is 13.5. The summed E-state index contributed by atoms with van der Waals surface area (Å²) in [4.78, 5) is 0. The number of nitrogens with zero attached hydrogens (tertiary/aromatic N) is 1. The molecule has 0 saturated carbocycles. The zero-order chi connectivity index (χ0) is 20.6. The van der Waals surface area contributed by atoms with Crippen molar-refractivity contribution in [2.24, 2.45) is 11.1 Å². The standard InChI is InChI=1S/C20H32NO6P/c1-5-17-15(4)20(24-13-16-11-9-8-10-12-16)19(21-22)18(27-17)14-28(23,25-6-2)26-7-3/h8-12,15,17-18,20,22H,5-7,13-14H2,1-4H3/b21-19+/t15-,17-,18-,20+/m1/s1. The quantitative estimate of drug-likeness (QED) is 0.346. The maximum atomic E-state index is 13.0. The van der Waals surface area contributed by atoms with Crippen molar-refractivity contribution in [2.75, 3.05) is 19.4 Å². The van der Waals surface area contributed by atoms with E-state index >= 15 is 0 Å². The predicted molar refractivity (Wildman–Crippen MR) is 108 cm³/mol. The minimum absolute atomic E-state index is 0.0114. The van der Waals surface area contributed by atoms with E-state index in [1.807, 2.05) is 44.2 Å². The summed E-state index contributed by atoms with van der Waals surface area (Å²) in [7, 11) is -3.37. The Morgan fingerprint density at radius 2 is 1.79 bits per heavy atom. The summed E-state index contributed by atoms with van der Waals surface area (Å²) in [5.41, 5.74) is 1.35. The van der Waals surface area contributed by atoms with Gasteiger partial charge in [-0.1, -0.05) is 49.3 Å². The van der Waals surface area contributed by atoms with Crippen LogP contribution in [0.25, 0.3) is 0 Å². The first-order valence-corrected chi connectivity index (χ1v) is 11.6. The average molecular weight is 413 g/mol. The molecule has 4 atom stereocenters. The fraction of sp³-hybridized carbons (Fsp3) is 0.650. The van der Waals surface area contributed by atoms with Gasteiger partial charge in [0.15, 0.2) is 0 Å². The van der Waals surface area contributed by atoms with Gasteiger partial charge >= 0.3 is 7.60 Å². The van der Waals surface area contributed by atoms with Crippen molar-refractivity contribution in [3.63, 3.8) is 0 Å². The van der Waals surface area contributed by atoms with Crippen molar-refractivity contribution in [1.82, 2.24) is 0 Å². The van der Waals surface area contributed by atoms with Gasteiger partial charge < -0.3 is 23.7 Å². The van der Waals surface area contributed by atoms with Crippen LogP contribution in [0.4, 0.5) is 0 Å². The van der Waals surface area contributed by atoms with Gasteiger partial charge in [0.2, 0.25) is 0 Å². The van der Waals surface area contributed by atoms with E-state index in [0.29, 0.717) is 12.3 Å². The molecule has 0 bridgehead atoms. The number of hydrogen-bond acceptors (Lipinski definition) is 7. The first kappa shape index (κ1) is 23.0.